The fraction of sp³-hybridized carbons (Fsp3) is 0.647. The number of ether oxygens (including phenoxy) is 1. The molecule has 2 heterocycles. The molecule has 0 bridgehead atoms. The zero-order chi connectivity index (χ0) is 17.9. The van der Waals surface area contributed by atoms with Crippen molar-refractivity contribution in [2.75, 3.05) is 52.9 Å². The second kappa shape index (κ2) is 9.57. The van der Waals surface area contributed by atoms with Gasteiger partial charge in [-0.15, -0.1) is 12.4 Å². The Kier molecular flexibility index (Phi) is 8.00. The molecule has 0 amide bonds. The van der Waals surface area contributed by atoms with Gasteiger partial charge in [-0.05, 0) is 50.0 Å². The zero-order valence-electron chi connectivity index (χ0n) is 15.0. The zero-order valence-corrected chi connectivity index (χ0v) is 17.4. The number of halogens is 2. The number of benzene rings is 1. The number of hydrogen-bond donors (Lipinski definition) is 1. The van der Waals surface area contributed by atoms with Crippen LogP contribution in [0.25, 0.3) is 0 Å². The Morgan fingerprint density at radius 2 is 2.00 bits per heavy atom. The third kappa shape index (κ3) is 5.03. The molecule has 6 nitrogen and oxygen atoms in total. The summed E-state index contributed by atoms with van der Waals surface area (Å²) in [6.45, 7) is 5.75. The lowest BCUT2D eigenvalue weighted by molar-refractivity contribution is 0.154. The van der Waals surface area contributed by atoms with Crippen molar-refractivity contribution in [2.24, 2.45) is 5.92 Å². The predicted octanol–water partition coefficient (Wildman–Crippen LogP) is 2.08. The van der Waals surface area contributed by atoms with E-state index in [4.69, 9.17) is 16.3 Å². The van der Waals surface area contributed by atoms with Gasteiger partial charge < -0.3 is 15.0 Å². The van der Waals surface area contributed by atoms with Crippen LogP contribution in [0.1, 0.15) is 12.8 Å². The van der Waals surface area contributed by atoms with E-state index < -0.39 is 10.0 Å². The summed E-state index contributed by atoms with van der Waals surface area (Å²) >= 11 is 6.00. The number of rotatable bonds is 5. The van der Waals surface area contributed by atoms with Gasteiger partial charge in [0.15, 0.2) is 0 Å². The molecule has 26 heavy (non-hydrogen) atoms. The molecule has 0 aromatic heterocycles. The minimum absolute atomic E-state index is 0. The molecule has 2 fully saturated rings. The Hall–Kier alpha value is -0.570. The lowest BCUT2D eigenvalue weighted by atomic mass is 9.99. The summed E-state index contributed by atoms with van der Waals surface area (Å²) in [7, 11) is -2.13. The summed E-state index contributed by atoms with van der Waals surface area (Å²) in [5, 5.41) is 3.83. The van der Waals surface area contributed by atoms with E-state index in [1.54, 1.807) is 12.1 Å². The normalized spacial score (nSPS) is 22.6. The highest BCUT2D eigenvalue weighted by Gasteiger charge is 2.31. The van der Waals surface area contributed by atoms with Crippen LogP contribution in [0.3, 0.4) is 0 Å². The van der Waals surface area contributed by atoms with Gasteiger partial charge in [0.1, 0.15) is 10.6 Å². The number of nitrogens with one attached hydrogen (secondary N) is 1. The molecule has 1 aromatic carbocycles. The van der Waals surface area contributed by atoms with Crippen LogP contribution in [0.2, 0.25) is 5.02 Å². The number of methoxy groups -OCH3 is 1. The molecule has 148 valence electrons. The van der Waals surface area contributed by atoms with Crippen molar-refractivity contribution in [2.45, 2.75) is 17.7 Å². The highest BCUT2D eigenvalue weighted by atomic mass is 35.5. The maximum absolute atomic E-state index is 13.0. The largest absolute Gasteiger partial charge is 0.495 e. The van der Waals surface area contributed by atoms with E-state index in [1.165, 1.54) is 30.3 Å². The lowest BCUT2D eigenvalue weighted by Crippen LogP contribution is -2.50. The van der Waals surface area contributed by atoms with Crippen LogP contribution in [-0.2, 0) is 10.0 Å². The number of hydrogen-bond acceptors (Lipinski definition) is 5. The van der Waals surface area contributed by atoms with Gasteiger partial charge in [0, 0.05) is 37.7 Å². The van der Waals surface area contributed by atoms with Gasteiger partial charge >= 0.3 is 0 Å². The van der Waals surface area contributed by atoms with Gasteiger partial charge in [-0.25, -0.2) is 8.42 Å². The van der Waals surface area contributed by atoms with E-state index in [-0.39, 0.29) is 17.3 Å². The van der Waals surface area contributed by atoms with Crippen LogP contribution in [0.15, 0.2) is 23.1 Å². The molecule has 1 unspecified atom stereocenters. The quantitative estimate of drug-likeness (QED) is 0.785. The third-order valence-electron chi connectivity index (χ3n) is 4.99. The molecule has 2 aliphatic heterocycles. The molecule has 0 radical (unpaired) electrons. The molecule has 2 aliphatic rings. The molecule has 9 heteroatoms. The highest BCUT2D eigenvalue weighted by molar-refractivity contribution is 7.89. The van der Waals surface area contributed by atoms with E-state index >= 15 is 0 Å². The number of piperidine rings is 1. The van der Waals surface area contributed by atoms with Gasteiger partial charge in [0.2, 0.25) is 10.0 Å². The summed E-state index contributed by atoms with van der Waals surface area (Å²) in [5.74, 6) is 1.00. The molecular formula is C17H27Cl2N3O3S. The molecule has 0 saturated carbocycles. The van der Waals surface area contributed by atoms with Crippen LogP contribution < -0.4 is 10.1 Å². The average molecular weight is 424 g/mol. The van der Waals surface area contributed by atoms with Crippen molar-refractivity contribution in [3.8, 4) is 5.75 Å². The van der Waals surface area contributed by atoms with Gasteiger partial charge in [0.25, 0.3) is 0 Å². The monoisotopic (exact) mass is 423 g/mol. The summed E-state index contributed by atoms with van der Waals surface area (Å²) in [6.07, 6.45) is 2.48. The Balaban J connectivity index is 0.00000243. The summed E-state index contributed by atoms with van der Waals surface area (Å²) < 4.78 is 32.7. The van der Waals surface area contributed by atoms with Gasteiger partial charge in [0.05, 0.1) is 7.11 Å². The maximum atomic E-state index is 13.0. The fourth-order valence-corrected chi connectivity index (χ4v) is 5.43. The Bertz CT molecular complexity index is 688. The molecule has 0 aliphatic carbocycles. The third-order valence-corrected chi connectivity index (χ3v) is 7.15. The molecule has 0 spiro atoms. The van der Waals surface area contributed by atoms with Crippen molar-refractivity contribution in [3.63, 3.8) is 0 Å². The van der Waals surface area contributed by atoms with Crippen molar-refractivity contribution < 1.29 is 13.2 Å². The first kappa shape index (κ1) is 21.7. The van der Waals surface area contributed by atoms with Crippen molar-refractivity contribution >= 4 is 34.0 Å². The van der Waals surface area contributed by atoms with Gasteiger partial charge in [-0.3, -0.25) is 0 Å². The highest BCUT2D eigenvalue weighted by Crippen LogP contribution is 2.30. The number of piperazine rings is 1. The van der Waals surface area contributed by atoms with Crippen LogP contribution in [0.5, 0.6) is 5.75 Å². The smallest absolute Gasteiger partial charge is 0.246 e. The Morgan fingerprint density at radius 1 is 1.27 bits per heavy atom. The van der Waals surface area contributed by atoms with Crippen LogP contribution >= 0.6 is 24.0 Å². The first-order chi connectivity index (χ1) is 12.0. The predicted molar refractivity (Wildman–Crippen MR) is 106 cm³/mol. The summed E-state index contributed by atoms with van der Waals surface area (Å²) in [5.41, 5.74) is 0. The van der Waals surface area contributed by atoms with Crippen LogP contribution in [0, 0.1) is 5.92 Å². The summed E-state index contributed by atoms with van der Waals surface area (Å²) in [4.78, 5) is 2.52. The molecule has 1 aromatic rings. The lowest BCUT2D eigenvalue weighted by Gasteiger charge is -2.36. The van der Waals surface area contributed by atoms with E-state index in [2.05, 4.69) is 10.2 Å². The number of sulfonamides is 1. The minimum atomic E-state index is -3.60. The Labute approximate surface area is 167 Å². The van der Waals surface area contributed by atoms with E-state index in [9.17, 15) is 8.42 Å². The average Bonchev–Trinajstić information content (AvgIpc) is 2.63. The number of nitrogens with zero attached hydrogens (tertiary/aromatic N) is 2. The summed E-state index contributed by atoms with van der Waals surface area (Å²) in [6, 6.07) is 4.70. The van der Waals surface area contributed by atoms with Crippen molar-refractivity contribution in [3.05, 3.63) is 23.2 Å². The molecular weight excluding hydrogens is 397 g/mol. The molecule has 3 rings (SSSR count). The van der Waals surface area contributed by atoms with Crippen molar-refractivity contribution in [1.29, 1.82) is 0 Å². The van der Waals surface area contributed by atoms with Gasteiger partial charge in [-0.2, -0.15) is 4.31 Å². The fourth-order valence-electron chi connectivity index (χ4n) is 3.59. The second-order valence-electron chi connectivity index (χ2n) is 6.71. The topological polar surface area (TPSA) is 61.9 Å². The first-order valence-electron chi connectivity index (χ1n) is 8.77. The van der Waals surface area contributed by atoms with Crippen molar-refractivity contribution in [1.82, 2.24) is 14.5 Å². The SMILES string of the molecule is COc1ccc(Cl)cc1S(=O)(=O)N1CCN(CC2CCCNC2)CC1.Cl. The van der Waals surface area contributed by atoms with E-state index in [1.807, 2.05) is 0 Å². The Morgan fingerprint density at radius 3 is 2.62 bits per heavy atom. The van der Waals surface area contributed by atoms with Crippen LogP contribution in [-0.4, -0.2) is 70.5 Å². The molecule has 2 saturated heterocycles. The van der Waals surface area contributed by atoms with E-state index in [0.717, 1.165) is 32.7 Å². The van der Waals surface area contributed by atoms with Crippen LogP contribution in [0.4, 0.5) is 0 Å². The second-order valence-corrected chi connectivity index (χ2v) is 9.06. The maximum Gasteiger partial charge on any atom is 0.246 e. The standard InChI is InChI=1S/C17H26ClN3O3S.ClH/c1-24-16-5-4-15(18)11-17(16)25(22,23)21-9-7-20(8-10-21)13-14-3-2-6-19-12-14;/h4-5,11,14,19H,2-3,6-10,12-13H2,1H3;1H. The molecule has 1 N–H and O–H groups in total. The first-order valence-corrected chi connectivity index (χ1v) is 10.6. The molecule has 1 atom stereocenters. The minimum Gasteiger partial charge on any atom is -0.495 e. The van der Waals surface area contributed by atoms with E-state index in [0.29, 0.717) is 29.8 Å². The van der Waals surface area contributed by atoms with Gasteiger partial charge in [-0.1, -0.05) is 11.6 Å².